The quantitative estimate of drug-likeness (QED) is 0.907. The Morgan fingerprint density at radius 1 is 1.24 bits per heavy atom. The summed E-state index contributed by atoms with van der Waals surface area (Å²) in [5.74, 6) is 2.25. The minimum Gasteiger partial charge on any atom is -0.493 e. The molecule has 0 bridgehead atoms. The molecule has 1 aromatic carbocycles. The lowest BCUT2D eigenvalue weighted by molar-refractivity contribution is 0.170. The molecule has 1 aliphatic rings. The molecule has 21 heavy (non-hydrogen) atoms. The van der Waals surface area contributed by atoms with Crippen LogP contribution in [-0.2, 0) is 6.54 Å². The third-order valence-electron chi connectivity index (χ3n) is 4.17. The molecular weight excluding hydrogens is 288 g/mol. The number of piperidine rings is 1. The molecule has 1 unspecified atom stereocenters. The normalized spacial score (nSPS) is 19.0. The topological polar surface area (TPSA) is 47.7 Å². The molecule has 2 rings (SSSR count). The molecule has 0 amide bonds. The second-order valence-corrected chi connectivity index (χ2v) is 5.61. The first kappa shape index (κ1) is 18.1. The zero-order chi connectivity index (χ0) is 14.5. The average Bonchev–Trinajstić information content (AvgIpc) is 2.49. The molecule has 1 aromatic rings. The Kier molecular flexibility index (Phi) is 7.29. The van der Waals surface area contributed by atoms with Gasteiger partial charge in [0.2, 0.25) is 0 Å². The maximum absolute atomic E-state index is 5.81. The summed E-state index contributed by atoms with van der Waals surface area (Å²) >= 11 is 0. The van der Waals surface area contributed by atoms with Gasteiger partial charge in [0.15, 0.2) is 11.5 Å². The Labute approximate surface area is 134 Å². The van der Waals surface area contributed by atoms with Gasteiger partial charge in [0.05, 0.1) is 14.2 Å². The van der Waals surface area contributed by atoms with Gasteiger partial charge in [-0.3, -0.25) is 4.90 Å². The molecule has 1 fully saturated rings. The second-order valence-electron chi connectivity index (χ2n) is 5.61. The van der Waals surface area contributed by atoms with Crippen molar-refractivity contribution in [2.24, 2.45) is 11.7 Å². The van der Waals surface area contributed by atoms with E-state index in [1.54, 1.807) is 14.2 Å². The predicted octanol–water partition coefficient (Wildman–Crippen LogP) is 2.60. The fraction of sp³-hybridized carbons (Fsp3) is 0.625. The highest BCUT2D eigenvalue weighted by atomic mass is 35.5. The summed E-state index contributed by atoms with van der Waals surface area (Å²) in [6, 6.07) is 4.15. The van der Waals surface area contributed by atoms with Crippen molar-refractivity contribution in [1.82, 2.24) is 4.90 Å². The molecule has 1 aliphatic heterocycles. The average molecular weight is 315 g/mol. The maximum Gasteiger partial charge on any atom is 0.161 e. The van der Waals surface area contributed by atoms with Gasteiger partial charge in [0.1, 0.15) is 0 Å². The van der Waals surface area contributed by atoms with E-state index in [9.17, 15) is 0 Å². The Hall–Kier alpha value is -0.970. The number of ether oxygens (including phenoxy) is 2. The maximum atomic E-state index is 5.81. The molecule has 120 valence electrons. The Balaban J connectivity index is 0.00000220. The van der Waals surface area contributed by atoms with Crippen LogP contribution >= 0.6 is 12.4 Å². The van der Waals surface area contributed by atoms with Gasteiger partial charge in [-0.15, -0.1) is 12.4 Å². The predicted molar refractivity (Wildman–Crippen MR) is 88.6 cm³/mol. The summed E-state index contributed by atoms with van der Waals surface area (Å²) in [7, 11) is 3.36. The number of rotatable bonds is 5. The molecular formula is C16H27ClN2O2. The van der Waals surface area contributed by atoms with E-state index in [0.717, 1.165) is 37.7 Å². The molecule has 2 N–H and O–H groups in total. The fourth-order valence-electron chi connectivity index (χ4n) is 2.92. The minimum atomic E-state index is 0. The van der Waals surface area contributed by atoms with Gasteiger partial charge in [-0.1, -0.05) is 0 Å². The highest BCUT2D eigenvalue weighted by molar-refractivity contribution is 5.85. The van der Waals surface area contributed by atoms with Crippen LogP contribution in [-0.4, -0.2) is 38.8 Å². The van der Waals surface area contributed by atoms with E-state index in [1.807, 2.05) is 0 Å². The second kappa shape index (κ2) is 8.47. The first-order chi connectivity index (χ1) is 9.67. The van der Waals surface area contributed by atoms with Crippen LogP contribution in [0.3, 0.4) is 0 Å². The van der Waals surface area contributed by atoms with Crippen molar-refractivity contribution >= 4 is 12.4 Å². The van der Waals surface area contributed by atoms with Gasteiger partial charge < -0.3 is 15.2 Å². The van der Waals surface area contributed by atoms with Crippen molar-refractivity contribution < 1.29 is 9.47 Å². The van der Waals surface area contributed by atoms with Crippen molar-refractivity contribution in [2.75, 3.05) is 33.9 Å². The highest BCUT2D eigenvalue weighted by Crippen LogP contribution is 2.31. The van der Waals surface area contributed by atoms with E-state index in [1.165, 1.54) is 24.0 Å². The summed E-state index contributed by atoms with van der Waals surface area (Å²) in [5, 5.41) is 0. The summed E-state index contributed by atoms with van der Waals surface area (Å²) < 4.78 is 10.7. The molecule has 0 aromatic heterocycles. The van der Waals surface area contributed by atoms with Crippen molar-refractivity contribution in [3.63, 3.8) is 0 Å². The first-order valence-electron chi connectivity index (χ1n) is 7.31. The highest BCUT2D eigenvalue weighted by Gasteiger charge is 2.20. The summed E-state index contributed by atoms with van der Waals surface area (Å²) in [6.45, 7) is 6.14. The number of benzene rings is 1. The number of methoxy groups -OCH3 is 2. The molecule has 0 spiro atoms. The van der Waals surface area contributed by atoms with Crippen LogP contribution in [0.15, 0.2) is 12.1 Å². The van der Waals surface area contributed by atoms with E-state index in [2.05, 4.69) is 24.0 Å². The lowest BCUT2D eigenvalue weighted by Crippen LogP contribution is -2.37. The van der Waals surface area contributed by atoms with Gasteiger partial charge in [-0.2, -0.15) is 0 Å². The van der Waals surface area contributed by atoms with Crippen molar-refractivity contribution in [3.05, 3.63) is 23.3 Å². The van der Waals surface area contributed by atoms with Crippen LogP contribution in [0.5, 0.6) is 11.5 Å². The van der Waals surface area contributed by atoms with Crippen molar-refractivity contribution in [1.29, 1.82) is 0 Å². The van der Waals surface area contributed by atoms with Crippen molar-refractivity contribution in [3.8, 4) is 11.5 Å². The minimum absolute atomic E-state index is 0. The molecule has 1 atom stereocenters. The van der Waals surface area contributed by atoms with Crippen LogP contribution in [0.25, 0.3) is 0 Å². The monoisotopic (exact) mass is 314 g/mol. The van der Waals surface area contributed by atoms with Crippen LogP contribution < -0.4 is 15.2 Å². The zero-order valence-corrected chi connectivity index (χ0v) is 14.0. The van der Waals surface area contributed by atoms with Crippen LogP contribution in [0, 0.1) is 12.8 Å². The lowest BCUT2D eigenvalue weighted by Gasteiger charge is -2.32. The standard InChI is InChI=1S/C16H26N2O2.ClH/c1-12-7-15(19-2)16(20-3)8-14(12)11-18-6-4-5-13(9-17)10-18;/h7-8,13H,4-6,9-11,17H2,1-3H3;1H. The van der Waals surface area contributed by atoms with Crippen LogP contribution in [0.2, 0.25) is 0 Å². The molecule has 0 radical (unpaired) electrons. The number of likely N-dealkylation sites (tertiary alicyclic amines) is 1. The fourth-order valence-corrected chi connectivity index (χ4v) is 2.92. The number of aryl methyl sites for hydroxylation is 1. The third-order valence-corrected chi connectivity index (χ3v) is 4.17. The van der Waals surface area contributed by atoms with Crippen LogP contribution in [0.1, 0.15) is 24.0 Å². The lowest BCUT2D eigenvalue weighted by atomic mass is 9.97. The van der Waals surface area contributed by atoms with Gasteiger partial charge >= 0.3 is 0 Å². The largest absolute Gasteiger partial charge is 0.493 e. The number of nitrogens with zero attached hydrogens (tertiary/aromatic N) is 1. The molecule has 0 saturated carbocycles. The molecule has 0 aliphatic carbocycles. The Morgan fingerprint density at radius 3 is 2.52 bits per heavy atom. The van der Waals surface area contributed by atoms with E-state index in [0.29, 0.717) is 5.92 Å². The third kappa shape index (κ3) is 4.50. The molecule has 1 heterocycles. The smallest absolute Gasteiger partial charge is 0.161 e. The molecule has 1 saturated heterocycles. The number of hydrogen-bond donors (Lipinski definition) is 1. The number of hydrogen-bond acceptors (Lipinski definition) is 4. The van der Waals surface area contributed by atoms with Crippen molar-refractivity contribution in [2.45, 2.75) is 26.3 Å². The summed E-state index contributed by atoms with van der Waals surface area (Å²) in [4.78, 5) is 2.50. The number of nitrogens with two attached hydrogens (primary N) is 1. The Morgan fingerprint density at radius 2 is 1.90 bits per heavy atom. The zero-order valence-electron chi connectivity index (χ0n) is 13.2. The summed E-state index contributed by atoms with van der Waals surface area (Å²) in [6.07, 6.45) is 2.51. The summed E-state index contributed by atoms with van der Waals surface area (Å²) in [5.41, 5.74) is 8.36. The first-order valence-corrected chi connectivity index (χ1v) is 7.31. The van der Waals surface area contributed by atoms with Crippen LogP contribution in [0.4, 0.5) is 0 Å². The van der Waals surface area contributed by atoms with Gasteiger partial charge in [-0.25, -0.2) is 0 Å². The SMILES string of the molecule is COc1cc(C)c(CN2CCCC(CN)C2)cc1OC.Cl. The van der Waals surface area contributed by atoms with Gasteiger partial charge in [0, 0.05) is 13.1 Å². The van der Waals surface area contributed by atoms with Gasteiger partial charge in [0.25, 0.3) is 0 Å². The molecule has 5 heteroatoms. The van der Waals surface area contributed by atoms with E-state index in [4.69, 9.17) is 15.2 Å². The molecule has 4 nitrogen and oxygen atoms in total. The number of halogens is 1. The van der Waals surface area contributed by atoms with Gasteiger partial charge in [-0.05, 0) is 62.0 Å². The van der Waals surface area contributed by atoms with E-state index >= 15 is 0 Å². The Bertz CT molecular complexity index is 454. The van der Waals surface area contributed by atoms with E-state index < -0.39 is 0 Å². The van der Waals surface area contributed by atoms with E-state index in [-0.39, 0.29) is 12.4 Å².